The molecule has 1 unspecified atom stereocenters. The van der Waals surface area contributed by atoms with Crippen LogP contribution in [0.3, 0.4) is 0 Å². The molecule has 126 valence electrons. The maximum Gasteiger partial charge on any atom is 0.338 e. The zero-order valence-electron chi connectivity index (χ0n) is 14.1. The Morgan fingerprint density at radius 3 is 2.68 bits per heavy atom. The van der Waals surface area contributed by atoms with E-state index >= 15 is 0 Å². The van der Waals surface area contributed by atoms with Crippen molar-refractivity contribution in [2.24, 2.45) is 5.73 Å². The summed E-state index contributed by atoms with van der Waals surface area (Å²) in [5, 5.41) is 11.7. The first-order chi connectivity index (χ1) is 12.1. The number of carbonyl (C=O) groups is 1. The number of hydrogen-bond donors (Lipinski definition) is 1. The highest BCUT2D eigenvalue weighted by Gasteiger charge is 2.36. The van der Waals surface area contributed by atoms with Crippen molar-refractivity contribution in [3.63, 3.8) is 0 Å². The molecule has 25 heavy (non-hydrogen) atoms. The lowest BCUT2D eigenvalue weighted by atomic mass is 9.82. The molecule has 0 spiro atoms. The molecular formula is C20H18N2O3. The van der Waals surface area contributed by atoms with Crippen molar-refractivity contribution in [1.82, 2.24) is 0 Å². The molecule has 1 aliphatic heterocycles. The van der Waals surface area contributed by atoms with Crippen molar-refractivity contribution in [2.45, 2.75) is 19.8 Å². The quantitative estimate of drug-likeness (QED) is 0.869. The fourth-order valence-electron chi connectivity index (χ4n) is 3.08. The number of carbonyl (C=O) groups excluding carboxylic acids is 1. The summed E-state index contributed by atoms with van der Waals surface area (Å²) in [7, 11) is 0. The summed E-state index contributed by atoms with van der Waals surface area (Å²) in [4.78, 5) is 12.5. The molecule has 1 heterocycles. The van der Waals surface area contributed by atoms with Gasteiger partial charge in [-0.05, 0) is 30.2 Å². The monoisotopic (exact) mass is 334 g/mol. The number of rotatable bonds is 3. The van der Waals surface area contributed by atoms with Crippen molar-refractivity contribution in [2.75, 3.05) is 6.61 Å². The number of hydrogen-bond acceptors (Lipinski definition) is 5. The predicted octanol–water partition coefficient (Wildman–Crippen LogP) is 3.48. The lowest BCUT2D eigenvalue weighted by molar-refractivity contribution is -0.139. The molecule has 0 aromatic heterocycles. The van der Waals surface area contributed by atoms with Crippen molar-refractivity contribution in [3.05, 3.63) is 70.8 Å². The number of fused-ring (bicyclic) bond motifs is 1. The minimum atomic E-state index is -0.609. The molecule has 0 aliphatic carbocycles. The molecule has 5 heteroatoms. The van der Waals surface area contributed by atoms with Crippen LogP contribution in [0.25, 0.3) is 10.8 Å². The van der Waals surface area contributed by atoms with E-state index in [0.717, 1.165) is 16.3 Å². The van der Waals surface area contributed by atoms with E-state index in [2.05, 4.69) is 6.07 Å². The van der Waals surface area contributed by atoms with E-state index in [9.17, 15) is 10.1 Å². The van der Waals surface area contributed by atoms with Crippen LogP contribution in [0.15, 0.2) is 65.3 Å². The Morgan fingerprint density at radius 1 is 1.28 bits per heavy atom. The number of nitrogens with zero attached hydrogens (tertiary/aromatic N) is 1. The summed E-state index contributed by atoms with van der Waals surface area (Å²) in [6.07, 6.45) is 0. The van der Waals surface area contributed by atoms with E-state index in [4.69, 9.17) is 15.2 Å². The second kappa shape index (κ2) is 6.70. The van der Waals surface area contributed by atoms with E-state index in [-0.39, 0.29) is 18.1 Å². The number of benzene rings is 2. The summed E-state index contributed by atoms with van der Waals surface area (Å²) >= 11 is 0. The predicted molar refractivity (Wildman–Crippen MR) is 93.9 cm³/mol. The van der Waals surface area contributed by atoms with Crippen LogP contribution in [0.1, 0.15) is 25.3 Å². The molecule has 0 radical (unpaired) electrons. The standard InChI is InChI=1S/C20H18N2O3/c1-3-24-20(23)17-12(2)25-19(22)16(11-21)18(17)15-9-8-13-6-4-5-7-14(13)10-15/h4-10,18H,3,22H2,1-2H3. The van der Waals surface area contributed by atoms with Crippen LogP contribution in [0, 0.1) is 11.3 Å². The van der Waals surface area contributed by atoms with Gasteiger partial charge < -0.3 is 15.2 Å². The summed E-state index contributed by atoms with van der Waals surface area (Å²) < 4.78 is 10.6. The largest absolute Gasteiger partial charge is 0.463 e. The Balaban J connectivity index is 2.19. The van der Waals surface area contributed by atoms with Crippen molar-refractivity contribution in [1.29, 1.82) is 5.26 Å². The van der Waals surface area contributed by atoms with Gasteiger partial charge in [0.1, 0.15) is 17.4 Å². The molecule has 2 aromatic rings. The van der Waals surface area contributed by atoms with Gasteiger partial charge in [-0.25, -0.2) is 4.79 Å². The van der Waals surface area contributed by atoms with Crippen molar-refractivity contribution < 1.29 is 14.3 Å². The molecule has 2 aromatic carbocycles. The van der Waals surface area contributed by atoms with Gasteiger partial charge in [-0.15, -0.1) is 0 Å². The van der Waals surface area contributed by atoms with E-state index < -0.39 is 11.9 Å². The molecule has 1 aliphatic rings. The number of ether oxygens (including phenoxy) is 2. The average Bonchev–Trinajstić information content (AvgIpc) is 2.60. The van der Waals surface area contributed by atoms with Gasteiger partial charge in [0, 0.05) is 0 Å². The average molecular weight is 334 g/mol. The molecule has 0 saturated heterocycles. The van der Waals surface area contributed by atoms with Gasteiger partial charge in [0.2, 0.25) is 5.88 Å². The molecule has 0 saturated carbocycles. The van der Waals surface area contributed by atoms with Crippen molar-refractivity contribution >= 4 is 16.7 Å². The minimum absolute atomic E-state index is 0.0196. The highest BCUT2D eigenvalue weighted by Crippen LogP contribution is 2.40. The third-order valence-electron chi connectivity index (χ3n) is 4.21. The maximum absolute atomic E-state index is 12.5. The van der Waals surface area contributed by atoms with Gasteiger partial charge in [0.05, 0.1) is 18.1 Å². The van der Waals surface area contributed by atoms with E-state index in [1.165, 1.54) is 0 Å². The second-order valence-electron chi connectivity index (χ2n) is 5.72. The van der Waals surface area contributed by atoms with Crippen LogP contribution in [-0.4, -0.2) is 12.6 Å². The lowest BCUT2D eigenvalue weighted by Crippen LogP contribution is -2.25. The minimum Gasteiger partial charge on any atom is -0.463 e. The van der Waals surface area contributed by atoms with Crippen LogP contribution in [0.5, 0.6) is 0 Å². The second-order valence-corrected chi connectivity index (χ2v) is 5.72. The molecule has 2 N–H and O–H groups in total. The van der Waals surface area contributed by atoms with Crippen LogP contribution in [0.4, 0.5) is 0 Å². The lowest BCUT2D eigenvalue weighted by Gasteiger charge is -2.27. The smallest absolute Gasteiger partial charge is 0.338 e. The Morgan fingerprint density at radius 2 is 2.00 bits per heavy atom. The molecule has 1 atom stereocenters. The van der Waals surface area contributed by atoms with Gasteiger partial charge in [0.15, 0.2) is 0 Å². The number of nitrogens with two attached hydrogens (primary N) is 1. The first-order valence-electron chi connectivity index (χ1n) is 8.01. The third kappa shape index (κ3) is 2.94. The van der Waals surface area contributed by atoms with Crippen LogP contribution in [-0.2, 0) is 14.3 Å². The van der Waals surface area contributed by atoms with Gasteiger partial charge in [-0.1, -0.05) is 42.5 Å². The van der Waals surface area contributed by atoms with E-state index in [1.807, 2.05) is 42.5 Å². The normalized spacial score (nSPS) is 17.2. The third-order valence-corrected chi connectivity index (χ3v) is 4.21. The molecule has 3 rings (SSSR count). The summed E-state index contributed by atoms with van der Waals surface area (Å²) in [6.45, 7) is 3.63. The van der Waals surface area contributed by atoms with Gasteiger partial charge in [-0.3, -0.25) is 0 Å². The number of esters is 1. The zero-order chi connectivity index (χ0) is 18.0. The molecule has 0 bridgehead atoms. The first-order valence-corrected chi connectivity index (χ1v) is 8.01. The Bertz CT molecular complexity index is 951. The SMILES string of the molecule is CCOC(=O)C1=C(C)OC(N)=C(C#N)C1c1ccc2ccccc2c1. The Kier molecular flexibility index (Phi) is 4.44. The molecule has 5 nitrogen and oxygen atoms in total. The highest BCUT2D eigenvalue weighted by atomic mass is 16.5. The van der Waals surface area contributed by atoms with Crippen LogP contribution in [0.2, 0.25) is 0 Å². The fraction of sp³-hybridized carbons (Fsp3) is 0.200. The highest BCUT2D eigenvalue weighted by molar-refractivity contribution is 5.93. The van der Waals surface area contributed by atoms with Crippen molar-refractivity contribution in [3.8, 4) is 6.07 Å². The van der Waals surface area contributed by atoms with Gasteiger partial charge in [-0.2, -0.15) is 5.26 Å². The van der Waals surface area contributed by atoms with Crippen LogP contribution < -0.4 is 5.73 Å². The molecule has 0 amide bonds. The summed E-state index contributed by atoms with van der Waals surface area (Å²) in [5.74, 6) is -0.736. The van der Waals surface area contributed by atoms with E-state index in [1.54, 1.807) is 13.8 Å². The number of nitriles is 1. The van der Waals surface area contributed by atoms with E-state index in [0.29, 0.717) is 11.3 Å². The van der Waals surface area contributed by atoms with Crippen LogP contribution >= 0.6 is 0 Å². The van der Waals surface area contributed by atoms with Gasteiger partial charge >= 0.3 is 5.97 Å². The maximum atomic E-state index is 12.5. The summed E-state index contributed by atoms with van der Waals surface area (Å²) in [6, 6.07) is 15.8. The first kappa shape index (κ1) is 16.6. The Labute approximate surface area is 145 Å². The number of allylic oxidation sites excluding steroid dienone is 2. The summed E-state index contributed by atoms with van der Waals surface area (Å²) in [5.41, 5.74) is 7.22. The van der Waals surface area contributed by atoms with Gasteiger partial charge in [0.25, 0.3) is 0 Å². The molecular weight excluding hydrogens is 316 g/mol. The Hall–Kier alpha value is -3.26. The fourth-order valence-corrected chi connectivity index (χ4v) is 3.08. The molecule has 0 fully saturated rings. The topological polar surface area (TPSA) is 85.3 Å². The zero-order valence-corrected chi connectivity index (χ0v) is 14.1.